The molecule has 0 aliphatic heterocycles. The van der Waals surface area contributed by atoms with Crippen molar-refractivity contribution in [2.24, 2.45) is 4.99 Å². The number of aliphatic imine (C=N–C) groups is 1. The molecule has 166 valence electrons. The number of methoxy groups -OCH3 is 1. The van der Waals surface area contributed by atoms with Gasteiger partial charge in [-0.05, 0) is 36.8 Å². The van der Waals surface area contributed by atoms with Crippen LogP contribution in [-0.2, 0) is 6.54 Å². The average Bonchev–Trinajstić information content (AvgIpc) is 2.76. The third-order valence-electron chi connectivity index (χ3n) is 4.12. The quantitative estimate of drug-likeness (QED) is 0.265. The van der Waals surface area contributed by atoms with E-state index in [0.29, 0.717) is 31.2 Å². The molecule has 0 unspecified atom stereocenters. The number of guanidine groups is 1. The molecule has 7 nitrogen and oxygen atoms in total. The molecule has 0 saturated heterocycles. The van der Waals surface area contributed by atoms with E-state index in [0.717, 1.165) is 23.8 Å². The Bertz CT molecular complexity index is 759. The molecule has 0 aromatic heterocycles. The van der Waals surface area contributed by atoms with E-state index in [1.807, 2.05) is 67.4 Å². The van der Waals surface area contributed by atoms with Crippen molar-refractivity contribution >= 4 is 29.9 Å². The van der Waals surface area contributed by atoms with Gasteiger partial charge in [-0.2, -0.15) is 0 Å². The molecule has 30 heavy (non-hydrogen) atoms. The van der Waals surface area contributed by atoms with Gasteiger partial charge in [0.15, 0.2) is 17.5 Å². The van der Waals surface area contributed by atoms with Gasteiger partial charge in [0, 0.05) is 13.6 Å². The van der Waals surface area contributed by atoms with Gasteiger partial charge >= 0.3 is 0 Å². The Morgan fingerprint density at radius 2 is 1.83 bits per heavy atom. The van der Waals surface area contributed by atoms with Gasteiger partial charge in [0.25, 0.3) is 0 Å². The highest BCUT2D eigenvalue weighted by atomic mass is 127. The molecular formula is C22H32IN3O4. The van der Waals surface area contributed by atoms with E-state index in [4.69, 9.17) is 24.3 Å². The fourth-order valence-corrected chi connectivity index (χ4v) is 2.64. The van der Waals surface area contributed by atoms with Crippen molar-refractivity contribution in [1.82, 2.24) is 10.2 Å². The molecule has 0 atom stereocenters. The summed E-state index contributed by atoms with van der Waals surface area (Å²) in [4.78, 5) is 6.76. The molecule has 2 aromatic carbocycles. The van der Waals surface area contributed by atoms with E-state index in [1.165, 1.54) is 0 Å². The SMILES string of the molecule is CCNC(=NCc1ccc(OCCO)c(OC)c1)N(C)CCOc1ccccc1.I. The lowest BCUT2D eigenvalue weighted by Crippen LogP contribution is -2.40. The third-order valence-corrected chi connectivity index (χ3v) is 4.12. The summed E-state index contributed by atoms with van der Waals surface area (Å²) in [6.45, 7) is 4.78. The predicted octanol–water partition coefficient (Wildman–Crippen LogP) is 3.16. The van der Waals surface area contributed by atoms with Gasteiger partial charge in [0.05, 0.1) is 26.8 Å². The first-order chi connectivity index (χ1) is 14.2. The predicted molar refractivity (Wildman–Crippen MR) is 130 cm³/mol. The van der Waals surface area contributed by atoms with Crippen molar-refractivity contribution in [3.63, 3.8) is 0 Å². The molecule has 2 aromatic rings. The lowest BCUT2D eigenvalue weighted by molar-refractivity contribution is 0.196. The first-order valence-corrected chi connectivity index (χ1v) is 9.75. The molecule has 0 spiro atoms. The molecule has 2 rings (SSSR count). The van der Waals surface area contributed by atoms with Gasteiger partial charge in [0.2, 0.25) is 0 Å². The van der Waals surface area contributed by atoms with Gasteiger partial charge in [-0.1, -0.05) is 24.3 Å². The van der Waals surface area contributed by atoms with Crippen LogP contribution in [0.4, 0.5) is 0 Å². The lowest BCUT2D eigenvalue weighted by atomic mass is 10.2. The first kappa shape index (κ1) is 25.8. The van der Waals surface area contributed by atoms with Crippen molar-refractivity contribution in [2.75, 3.05) is 47.1 Å². The number of hydrogen-bond acceptors (Lipinski definition) is 5. The van der Waals surface area contributed by atoms with Crippen LogP contribution in [-0.4, -0.2) is 63.0 Å². The highest BCUT2D eigenvalue weighted by Gasteiger charge is 2.08. The Balaban J connectivity index is 0.00000450. The zero-order chi connectivity index (χ0) is 20.9. The van der Waals surface area contributed by atoms with Gasteiger partial charge in [-0.3, -0.25) is 0 Å². The van der Waals surface area contributed by atoms with Crippen LogP contribution in [0.5, 0.6) is 17.2 Å². The number of nitrogens with zero attached hydrogens (tertiary/aromatic N) is 2. The Hall–Kier alpha value is -2.20. The summed E-state index contributed by atoms with van der Waals surface area (Å²) in [5.41, 5.74) is 1.00. The highest BCUT2D eigenvalue weighted by Crippen LogP contribution is 2.28. The summed E-state index contributed by atoms with van der Waals surface area (Å²) in [6, 6.07) is 15.5. The largest absolute Gasteiger partial charge is 0.493 e. The molecule has 0 heterocycles. The number of benzene rings is 2. The average molecular weight is 529 g/mol. The van der Waals surface area contributed by atoms with E-state index in [2.05, 4.69) is 5.32 Å². The number of ether oxygens (including phenoxy) is 3. The Morgan fingerprint density at radius 1 is 1.07 bits per heavy atom. The highest BCUT2D eigenvalue weighted by molar-refractivity contribution is 14.0. The van der Waals surface area contributed by atoms with E-state index in [1.54, 1.807) is 7.11 Å². The van der Waals surface area contributed by atoms with Crippen molar-refractivity contribution < 1.29 is 19.3 Å². The summed E-state index contributed by atoms with van der Waals surface area (Å²) >= 11 is 0. The summed E-state index contributed by atoms with van der Waals surface area (Å²) in [5, 5.41) is 12.2. The van der Waals surface area contributed by atoms with Gasteiger partial charge in [0.1, 0.15) is 19.0 Å². The van der Waals surface area contributed by atoms with Crippen LogP contribution in [0.1, 0.15) is 12.5 Å². The van der Waals surface area contributed by atoms with Gasteiger partial charge in [-0.25, -0.2) is 4.99 Å². The monoisotopic (exact) mass is 529 g/mol. The number of para-hydroxylation sites is 1. The smallest absolute Gasteiger partial charge is 0.194 e. The Kier molecular flexibility index (Phi) is 12.7. The maximum Gasteiger partial charge on any atom is 0.194 e. The first-order valence-electron chi connectivity index (χ1n) is 9.75. The maximum absolute atomic E-state index is 8.92. The van der Waals surface area contributed by atoms with Crippen molar-refractivity contribution in [2.45, 2.75) is 13.5 Å². The van der Waals surface area contributed by atoms with Crippen molar-refractivity contribution in [3.05, 3.63) is 54.1 Å². The second-order valence-corrected chi connectivity index (χ2v) is 6.31. The summed E-state index contributed by atoms with van der Waals surface area (Å²) in [7, 11) is 3.58. The van der Waals surface area contributed by atoms with Crippen LogP contribution < -0.4 is 19.5 Å². The second kappa shape index (κ2) is 14.7. The Morgan fingerprint density at radius 3 is 2.50 bits per heavy atom. The molecule has 0 saturated carbocycles. The van der Waals surface area contributed by atoms with Crippen LogP contribution in [0.2, 0.25) is 0 Å². The lowest BCUT2D eigenvalue weighted by Gasteiger charge is -2.22. The standard InChI is InChI=1S/C22H31N3O4.HI/c1-4-23-22(25(2)12-14-28-19-8-6-5-7-9-19)24-17-18-10-11-20(29-15-13-26)21(16-18)27-3;/h5-11,16,26H,4,12-15,17H2,1-3H3,(H,23,24);1H. The minimum absolute atomic E-state index is 0. The van der Waals surface area contributed by atoms with E-state index in [-0.39, 0.29) is 37.2 Å². The van der Waals surface area contributed by atoms with Gasteiger partial charge in [-0.15, -0.1) is 24.0 Å². The zero-order valence-corrected chi connectivity index (χ0v) is 20.2. The fraction of sp³-hybridized carbons (Fsp3) is 0.409. The zero-order valence-electron chi connectivity index (χ0n) is 17.8. The fourth-order valence-electron chi connectivity index (χ4n) is 2.64. The minimum Gasteiger partial charge on any atom is -0.493 e. The number of aliphatic hydroxyl groups is 1. The maximum atomic E-state index is 8.92. The van der Waals surface area contributed by atoms with Crippen molar-refractivity contribution in [3.8, 4) is 17.2 Å². The molecule has 0 amide bonds. The normalized spacial score (nSPS) is 10.7. The second-order valence-electron chi connectivity index (χ2n) is 6.31. The van der Waals surface area contributed by atoms with E-state index < -0.39 is 0 Å². The molecule has 2 N–H and O–H groups in total. The summed E-state index contributed by atoms with van der Waals surface area (Å²) in [5.74, 6) is 2.90. The third kappa shape index (κ3) is 8.66. The minimum atomic E-state index is -0.0401. The molecule has 0 aliphatic rings. The summed E-state index contributed by atoms with van der Waals surface area (Å²) in [6.07, 6.45) is 0. The molecule has 0 aliphatic carbocycles. The summed E-state index contributed by atoms with van der Waals surface area (Å²) < 4.78 is 16.6. The van der Waals surface area contributed by atoms with E-state index >= 15 is 0 Å². The van der Waals surface area contributed by atoms with E-state index in [9.17, 15) is 0 Å². The molecule has 0 bridgehead atoms. The topological polar surface area (TPSA) is 75.6 Å². The van der Waals surface area contributed by atoms with Crippen LogP contribution in [0, 0.1) is 0 Å². The number of likely N-dealkylation sites (N-methyl/N-ethyl adjacent to an activating group) is 1. The van der Waals surface area contributed by atoms with Crippen LogP contribution >= 0.6 is 24.0 Å². The number of hydrogen-bond donors (Lipinski definition) is 2. The molecule has 8 heteroatoms. The number of aliphatic hydroxyl groups excluding tert-OH is 1. The van der Waals surface area contributed by atoms with Crippen molar-refractivity contribution in [1.29, 1.82) is 0 Å². The van der Waals surface area contributed by atoms with Crippen LogP contribution in [0.15, 0.2) is 53.5 Å². The number of halogens is 1. The number of nitrogens with one attached hydrogen (secondary N) is 1. The molecular weight excluding hydrogens is 497 g/mol. The molecule has 0 radical (unpaired) electrons. The van der Waals surface area contributed by atoms with Gasteiger partial charge < -0.3 is 29.5 Å². The Labute approximate surface area is 196 Å². The number of rotatable bonds is 11. The van der Waals surface area contributed by atoms with Crippen LogP contribution in [0.3, 0.4) is 0 Å². The van der Waals surface area contributed by atoms with Crippen LogP contribution in [0.25, 0.3) is 0 Å². The molecule has 0 fully saturated rings.